The summed E-state index contributed by atoms with van der Waals surface area (Å²) in [6.07, 6.45) is 2.61. The van der Waals surface area contributed by atoms with Gasteiger partial charge in [0, 0.05) is 11.6 Å². The number of aliphatic hydroxyl groups is 1. The van der Waals surface area contributed by atoms with Crippen LogP contribution in [0.4, 0.5) is 8.78 Å². The van der Waals surface area contributed by atoms with Gasteiger partial charge in [-0.25, -0.2) is 26.9 Å². The van der Waals surface area contributed by atoms with E-state index in [-0.39, 0.29) is 18.7 Å². The van der Waals surface area contributed by atoms with Crippen molar-refractivity contribution in [1.29, 1.82) is 0 Å². The number of halogens is 2. The Hall–Kier alpha value is -1.91. The van der Waals surface area contributed by atoms with Crippen molar-refractivity contribution in [2.45, 2.75) is 36.0 Å². The van der Waals surface area contributed by atoms with Crippen LogP contribution in [0.2, 0.25) is 0 Å². The molecule has 1 saturated heterocycles. The summed E-state index contributed by atoms with van der Waals surface area (Å²) in [6.45, 7) is 1.72. The van der Waals surface area contributed by atoms with E-state index in [1.54, 1.807) is 0 Å². The highest BCUT2D eigenvalue weighted by Gasteiger charge is 2.62. The third-order valence-electron chi connectivity index (χ3n) is 5.06. The van der Waals surface area contributed by atoms with Crippen LogP contribution < -0.4 is 0 Å². The molecule has 0 aliphatic carbocycles. The molecule has 2 aromatic rings. The largest absolute Gasteiger partial charge is 0.395 e. The lowest BCUT2D eigenvalue weighted by Gasteiger charge is -2.51. The molecule has 1 aliphatic heterocycles. The predicted molar refractivity (Wildman–Crippen MR) is 87.9 cm³/mol. The molecule has 1 aromatic carbocycles. The Kier molecular flexibility index (Phi) is 4.62. The zero-order valence-electron chi connectivity index (χ0n) is 14.3. The minimum Gasteiger partial charge on any atom is -0.395 e. The van der Waals surface area contributed by atoms with E-state index in [4.69, 9.17) is 4.74 Å². The number of sulfone groups is 1. The van der Waals surface area contributed by atoms with Gasteiger partial charge in [-0.05, 0) is 19.9 Å². The van der Waals surface area contributed by atoms with Crippen molar-refractivity contribution in [2.75, 3.05) is 13.2 Å². The number of aromatic nitrogens is 3. The van der Waals surface area contributed by atoms with Crippen molar-refractivity contribution in [1.82, 2.24) is 14.8 Å². The number of hydrogen-bond donors (Lipinski definition) is 1. The first-order valence-corrected chi connectivity index (χ1v) is 9.46. The van der Waals surface area contributed by atoms with Crippen LogP contribution >= 0.6 is 0 Å². The van der Waals surface area contributed by atoms with E-state index in [0.29, 0.717) is 6.07 Å². The van der Waals surface area contributed by atoms with E-state index in [1.165, 1.54) is 37.3 Å². The Morgan fingerprint density at radius 3 is 2.69 bits per heavy atom. The quantitative estimate of drug-likeness (QED) is 0.842. The minimum atomic E-state index is -3.93. The molecule has 142 valence electrons. The van der Waals surface area contributed by atoms with Gasteiger partial charge in [0.1, 0.15) is 39.9 Å². The SMILES string of the molecule is CC1(C)C(Cn2cncn2)(c2ccc(F)cc2F)OCC(CO)S1(=O)=O. The zero-order valence-corrected chi connectivity index (χ0v) is 15.1. The molecule has 26 heavy (non-hydrogen) atoms. The Bertz CT molecular complexity index is 902. The van der Waals surface area contributed by atoms with Gasteiger partial charge >= 0.3 is 0 Å². The lowest BCUT2D eigenvalue weighted by molar-refractivity contribution is -0.104. The molecule has 3 rings (SSSR count). The zero-order chi connectivity index (χ0) is 19.2. The number of aliphatic hydroxyl groups excluding tert-OH is 1. The van der Waals surface area contributed by atoms with Crippen LogP contribution in [-0.4, -0.2) is 51.5 Å². The summed E-state index contributed by atoms with van der Waals surface area (Å²) in [7, 11) is -3.93. The molecular formula is C16H19F2N3O4S. The number of benzene rings is 1. The van der Waals surface area contributed by atoms with Crippen LogP contribution in [0.15, 0.2) is 30.9 Å². The fourth-order valence-corrected chi connectivity index (χ4v) is 5.35. The Labute approximate surface area is 149 Å². The predicted octanol–water partition coefficient (Wildman–Crippen LogP) is 1.04. The number of nitrogens with zero attached hydrogens (tertiary/aromatic N) is 3. The van der Waals surface area contributed by atoms with E-state index in [0.717, 1.165) is 6.07 Å². The molecule has 2 unspecified atom stereocenters. The number of hydrogen-bond acceptors (Lipinski definition) is 6. The van der Waals surface area contributed by atoms with Gasteiger partial charge in [-0.15, -0.1) is 0 Å². The van der Waals surface area contributed by atoms with Crippen LogP contribution in [0.1, 0.15) is 19.4 Å². The maximum atomic E-state index is 14.7. The summed E-state index contributed by atoms with van der Waals surface area (Å²) < 4.78 is 59.9. The molecule has 10 heteroatoms. The van der Waals surface area contributed by atoms with Crippen molar-refractivity contribution < 1.29 is 27.0 Å². The summed E-state index contributed by atoms with van der Waals surface area (Å²) >= 11 is 0. The third kappa shape index (κ3) is 2.63. The molecule has 1 fully saturated rings. The normalized spacial score (nSPS) is 27.3. The molecule has 0 amide bonds. The van der Waals surface area contributed by atoms with Crippen LogP contribution in [0.25, 0.3) is 0 Å². The Morgan fingerprint density at radius 1 is 1.38 bits per heavy atom. The molecule has 1 N–H and O–H groups in total. The fourth-order valence-electron chi connectivity index (χ4n) is 3.38. The van der Waals surface area contributed by atoms with E-state index in [1.807, 2.05) is 0 Å². The van der Waals surface area contributed by atoms with Gasteiger partial charge in [0.15, 0.2) is 9.84 Å². The standard InChI is InChI=1S/C16H19F2N3O4S/c1-15(2)16(8-21-10-19-9-20-21,13-4-3-11(17)5-14(13)18)25-7-12(6-22)26(15,23)24/h3-5,9-10,12,22H,6-8H2,1-2H3. The molecule has 1 aromatic heterocycles. The van der Waals surface area contributed by atoms with Gasteiger partial charge in [0.2, 0.25) is 0 Å². The van der Waals surface area contributed by atoms with Gasteiger partial charge in [-0.3, -0.25) is 0 Å². The second-order valence-electron chi connectivity index (χ2n) is 6.72. The van der Waals surface area contributed by atoms with Crippen LogP contribution in [-0.2, 0) is 26.7 Å². The van der Waals surface area contributed by atoms with Gasteiger partial charge in [-0.1, -0.05) is 6.07 Å². The topological polar surface area (TPSA) is 94.3 Å². The maximum Gasteiger partial charge on any atom is 0.166 e. The Morgan fingerprint density at radius 2 is 2.12 bits per heavy atom. The van der Waals surface area contributed by atoms with Gasteiger partial charge in [0.25, 0.3) is 0 Å². The monoisotopic (exact) mass is 387 g/mol. The molecule has 0 saturated carbocycles. The number of rotatable bonds is 4. The van der Waals surface area contributed by atoms with Crippen molar-refractivity contribution in [2.24, 2.45) is 0 Å². The summed E-state index contributed by atoms with van der Waals surface area (Å²) in [4.78, 5) is 3.82. The maximum absolute atomic E-state index is 14.7. The summed E-state index contributed by atoms with van der Waals surface area (Å²) in [5, 5.41) is 12.3. The first kappa shape index (κ1) is 18.9. The molecule has 7 nitrogen and oxygen atoms in total. The van der Waals surface area contributed by atoms with E-state index >= 15 is 0 Å². The average molecular weight is 387 g/mol. The molecule has 0 bridgehead atoms. The molecule has 0 radical (unpaired) electrons. The second kappa shape index (κ2) is 6.36. The first-order chi connectivity index (χ1) is 12.2. The average Bonchev–Trinajstić information content (AvgIpc) is 3.05. The second-order valence-corrected chi connectivity index (χ2v) is 9.49. The summed E-state index contributed by atoms with van der Waals surface area (Å²) in [6, 6.07) is 2.91. The van der Waals surface area contributed by atoms with Crippen molar-refractivity contribution in [3.8, 4) is 0 Å². The fraction of sp³-hybridized carbons (Fsp3) is 0.500. The van der Waals surface area contributed by atoms with Gasteiger partial charge in [0.05, 0.1) is 19.8 Å². The van der Waals surface area contributed by atoms with Crippen LogP contribution in [0.3, 0.4) is 0 Å². The lowest BCUT2D eigenvalue weighted by atomic mass is 9.81. The summed E-state index contributed by atoms with van der Waals surface area (Å²) in [5.41, 5.74) is -1.79. The molecule has 2 heterocycles. The van der Waals surface area contributed by atoms with Crippen molar-refractivity contribution in [3.63, 3.8) is 0 Å². The van der Waals surface area contributed by atoms with E-state index < -0.39 is 43.7 Å². The molecular weight excluding hydrogens is 368 g/mol. The third-order valence-corrected chi connectivity index (χ3v) is 7.97. The van der Waals surface area contributed by atoms with Crippen molar-refractivity contribution >= 4 is 9.84 Å². The van der Waals surface area contributed by atoms with E-state index in [9.17, 15) is 22.3 Å². The number of ether oxygens (including phenoxy) is 1. The Balaban J connectivity index is 2.25. The summed E-state index contributed by atoms with van der Waals surface area (Å²) in [5.74, 6) is -1.71. The molecule has 1 aliphatic rings. The molecule has 2 atom stereocenters. The minimum absolute atomic E-state index is 0.0978. The lowest BCUT2D eigenvalue weighted by Crippen LogP contribution is -2.64. The van der Waals surface area contributed by atoms with Crippen LogP contribution in [0, 0.1) is 11.6 Å². The smallest absolute Gasteiger partial charge is 0.166 e. The van der Waals surface area contributed by atoms with Crippen LogP contribution in [0.5, 0.6) is 0 Å². The first-order valence-electron chi connectivity index (χ1n) is 7.92. The molecule has 0 spiro atoms. The highest BCUT2D eigenvalue weighted by atomic mass is 32.2. The highest BCUT2D eigenvalue weighted by Crippen LogP contribution is 2.48. The van der Waals surface area contributed by atoms with Gasteiger partial charge in [-0.2, -0.15) is 5.10 Å². The van der Waals surface area contributed by atoms with Gasteiger partial charge < -0.3 is 9.84 Å². The van der Waals surface area contributed by atoms with E-state index in [2.05, 4.69) is 10.1 Å². The van der Waals surface area contributed by atoms with Crippen molar-refractivity contribution in [3.05, 3.63) is 48.1 Å². The highest BCUT2D eigenvalue weighted by molar-refractivity contribution is 7.93.